The first-order valence-corrected chi connectivity index (χ1v) is 8.64. The van der Waals surface area contributed by atoms with Crippen LogP contribution in [0.2, 0.25) is 0 Å². The Morgan fingerprint density at radius 1 is 1.23 bits per heavy atom. The van der Waals surface area contributed by atoms with E-state index in [9.17, 15) is 9.90 Å². The van der Waals surface area contributed by atoms with Crippen molar-refractivity contribution in [1.82, 2.24) is 14.9 Å². The molecule has 0 bridgehead atoms. The number of likely N-dealkylation sites (tertiary alicyclic amines) is 1. The van der Waals surface area contributed by atoms with Crippen molar-refractivity contribution in [1.29, 1.82) is 0 Å². The molecule has 7 nitrogen and oxygen atoms in total. The van der Waals surface area contributed by atoms with E-state index < -0.39 is 5.60 Å². The number of benzene rings is 1. The molecule has 1 amide bonds. The summed E-state index contributed by atoms with van der Waals surface area (Å²) in [6.45, 7) is 2.80. The molecule has 7 heteroatoms. The third kappa shape index (κ3) is 4.92. The van der Waals surface area contributed by atoms with Gasteiger partial charge in [0.2, 0.25) is 0 Å². The average Bonchev–Trinajstić information content (AvgIpc) is 2.66. The van der Waals surface area contributed by atoms with Crippen molar-refractivity contribution < 1.29 is 19.4 Å². The molecule has 1 aromatic heterocycles. The SMILES string of the molecule is Cc1ccc(OC[C@@]2(O)CCCN(C(=O)COc3ncccn3)C2)cc1. The van der Waals surface area contributed by atoms with E-state index in [2.05, 4.69) is 9.97 Å². The van der Waals surface area contributed by atoms with Crippen LogP contribution in [-0.2, 0) is 4.79 Å². The van der Waals surface area contributed by atoms with E-state index in [1.54, 1.807) is 23.4 Å². The fraction of sp³-hybridized carbons (Fsp3) is 0.421. The topological polar surface area (TPSA) is 84.8 Å². The van der Waals surface area contributed by atoms with Gasteiger partial charge in [0.15, 0.2) is 6.61 Å². The summed E-state index contributed by atoms with van der Waals surface area (Å²) in [7, 11) is 0. The second-order valence-electron chi connectivity index (χ2n) is 6.56. The second kappa shape index (κ2) is 8.14. The molecule has 1 aliphatic rings. The molecule has 1 saturated heterocycles. The summed E-state index contributed by atoms with van der Waals surface area (Å²) in [4.78, 5) is 21.8. The third-order valence-corrected chi connectivity index (χ3v) is 4.30. The zero-order valence-electron chi connectivity index (χ0n) is 14.8. The molecule has 3 rings (SSSR count). The molecule has 0 aliphatic carbocycles. The number of nitrogens with zero attached hydrogens (tertiary/aromatic N) is 3. The van der Waals surface area contributed by atoms with E-state index in [4.69, 9.17) is 9.47 Å². The van der Waals surface area contributed by atoms with Gasteiger partial charge in [0.05, 0.1) is 6.54 Å². The highest BCUT2D eigenvalue weighted by atomic mass is 16.5. The summed E-state index contributed by atoms with van der Waals surface area (Å²) in [6, 6.07) is 9.50. The van der Waals surface area contributed by atoms with Gasteiger partial charge in [-0.1, -0.05) is 17.7 Å². The number of hydrogen-bond donors (Lipinski definition) is 1. The molecule has 1 aliphatic heterocycles. The van der Waals surface area contributed by atoms with E-state index in [1.807, 2.05) is 31.2 Å². The Bertz CT molecular complexity index is 723. The Labute approximate surface area is 152 Å². The molecular weight excluding hydrogens is 334 g/mol. The van der Waals surface area contributed by atoms with Gasteiger partial charge in [0.25, 0.3) is 5.91 Å². The maximum absolute atomic E-state index is 12.4. The zero-order chi connectivity index (χ0) is 18.4. The minimum atomic E-state index is -1.07. The van der Waals surface area contributed by atoms with Crippen LogP contribution in [0.4, 0.5) is 0 Å². The lowest BCUT2D eigenvalue weighted by Crippen LogP contribution is -2.54. The van der Waals surface area contributed by atoms with Crippen molar-refractivity contribution in [2.45, 2.75) is 25.4 Å². The van der Waals surface area contributed by atoms with Gasteiger partial charge in [-0.05, 0) is 38.0 Å². The number of aromatic nitrogens is 2. The van der Waals surface area contributed by atoms with E-state index in [0.29, 0.717) is 25.1 Å². The van der Waals surface area contributed by atoms with Crippen LogP contribution in [0.1, 0.15) is 18.4 Å². The van der Waals surface area contributed by atoms with Crippen LogP contribution >= 0.6 is 0 Å². The monoisotopic (exact) mass is 357 g/mol. The summed E-state index contributed by atoms with van der Waals surface area (Å²) in [6.07, 6.45) is 4.40. The molecular formula is C19H23N3O4. The number of carbonyl (C=O) groups is 1. The standard InChI is InChI=1S/C19H23N3O4/c1-15-4-6-16(7-5-15)26-14-19(24)8-2-11-22(13-19)17(23)12-25-18-20-9-3-10-21-18/h3-7,9-10,24H,2,8,11-14H2,1H3/t19-/m1/s1. The normalized spacial score (nSPS) is 19.8. The first-order chi connectivity index (χ1) is 12.5. The number of hydrogen-bond acceptors (Lipinski definition) is 6. The Morgan fingerprint density at radius 3 is 2.69 bits per heavy atom. The number of rotatable bonds is 6. The van der Waals surface area contributed by atoms with Crippen molar-refractivity contribution >= 4 is 5.91 Å². The first kappa shape index (κ1) is 18.1. The average molecular weight is 357 g/mol. The molecule has 0 unspecified atom stereocenters. The Hall–Kier alpha value is -2.67. The fourth-order valence-electron chi connectivity index (χ4n) is 2.87. The van der Waals surface area contributed by atoms with Gasteiger partial charge in [-0.25, -0.2) is 9.97 Å². The molecule has 1 aromatic carbocycles. The molecule has 1 atom stereocenters. The molecule has 138 valence electrons. The molecule has 0 radical (unpaired) electrons. The van der Waals surface area contributed by atoms with Crippen LogP contribution in [-0.4, -0.2) is 57.8 Å². The van der Waals surface area contributed by atoms with Crippen LogP contribution in [0, 0.1) is 6.92 Å². The number of amides is 1. The molecule has 2 aromatic rings. The smallest absolute Gasteiger partial charge is 0.316 e. The van der Waals surface area contributed by atoms with Crippen LogP contribution in [0.15, 0.2) is 42.7 Å². The van der Waals surface area contributed by atoms with E-state index in [1.165, 1.54) is 0 Å². The Kier molecular flexibility index (Phi) is 5.68. The van der Waals surface area contributed by atoms with Gasteiger partial charge in [-0.15, -0.1) is 0 Å². The first-order valence-electron chi connectivity index (χ1n) is 8.64. The summed E-state index contributed by atoms with van der Waals surface area (Å²) in [5.41, 5.74) is 0.0788. The summed E-state index contributed by atoms with van der Waals surface area (Å²) >= 11 is 0. The predicted octanol–water partition coefficient (Wildman–Crippen LogP) is 1.60. The molecule has 26 heavy (non-hydrogen) atoms. The Balaban J connectivity index is 1.52. The number of piperidine rings is 1. The van der Waals surface area contributed by atoms with Gasteiger partial charge in [0.1, 0.15) is 18.0 Å². The van der Waals surface area contributed by atoms with Crippen LogP contribution in [0.3, 0.4) is 0 Å². The minimum absolute atomic E-state index is 0.141. The van der Waals surface area contributed by atoms with Gasteiger partial charge in [-0.2, -0.15) is 0 Å². The van der Waals surface area contributed by atoms with Crippen molar-refractivity contribution in [3.8, 4) is 11.8 Å². The lowest BCUT2D eigenvalue weighted by molar-refractivity contribution is -0.142. The second-order valence-corrected chi connectivity index (χ2v) is 6.56. The summed E-state index contributed by atoms with van der Waals surface area (Å²) in [5.74, 6) is 0.503. The molecule has 1 N–H and O–H groups in total. The minimum Gasteiger partial charge on any atom is -0.491 e. The summed E-state index contributed by atoms with van der Waals surface area (Å²) in [5, 5.41) is 10.8. The molecule has 0 spiro atoms. The molecule has 2 heterocycles. The molecule has 0 saturated carbocycles. The maximum Gasteiger partial charge on any atom is 0.316 e. The van der Waals surface area contributed by atoms with Gasteiger partial charge >= 0.3 is 6.01 Å². The highest BCUT2D eigenvalue weighted by Gasteiger charge is 2.36. The van der Waals surface area contributed by atoms with Crippen molar-refractivity contribution in [3.63, 3.8) is 0 Å². The van der Waals surface area contributed by atoms with E-state index >= 15 is 0 Å². The van der Waals surface area contributed by atoms with Gasteiger partial charge in [-0.3, -0.25) is 4.79 Å². The summed E-state index contributed by atoms with van der Waals surface area (Å²) < 4.78 is 11.0. The van der Waals surface area contributed by atoms with Crippen LogP contribution in [0.5, 0.6) is 11.8 Å². The third-order valence-electron chi connectivity index (χ3n) is 4.30. The quantitative estimate of drug-likeness (QED) is 0.845. The number of carbonyl (C=O) groups excluding carboxylic acids is 1. The van der Waals surface area contributed by atoms with Gasteiger partial charge < -0.3 is 19.5 Å². The maximum atomic E-state index is 12.4. The number of β-amino-alcohol motifs (C(OH)–C–C–N with tert-alkyl or cyclic N) is 1. The van der Waals surface area contributed by atoms with Gasteiger partial charge in [0, 0.05) is 18.9 Å². The van der Waals surface area contributed by atoms with E-state index in [-0.39, 0.29) is 31.7 Å². The van der Waals surface area contributed by atoms with Crippen molar-refractivity contribution in [2.24, 2.45) is 0 Å². The number of aliphatic hydroxyl groups is 1. The fourth-order valence-corrected chi connectivity index (χ4v) is 2.87. The molecule has 1 fully saturated rings. The lowest BCUT2D eigenvalue weighted by atomic mass is 9.93. The van der Waals surface area contributed by atoms with E-state index in [0.717, 1.165) is 5.56 Å². The Morgan fingerprint density at radius 2 is 1.96 bits per heavy atom. The number of ether oxygens (including phenoxy) is 2. The zero-order valence-corrected chi connectivity index (χ0v) is 14.8. The lowest BCUT2D eigenvalue weighted by Gasteiger charge is -2.38. The highest BCUT2D eigenvalue weighted by molar-refractivity contribution is 5.77. The van der Waals surface area contributed by atoms with Crippen LogP contribution in [0.25, 0.3) is 0 Å². The number of aryl methyl sites for hydroxylation is 1. The largest absolute Gasteiger partial charge is 0.491 e. The predicted molar refractivity (Wildman–Crippen MR) is 95.0 cm³/mol. The van der Waals surface area contributed by atoms with Crippen molar-refractivity contribution in [3.05, 3.63) is 48.3 Å². The van der Waals surface area contributed by atoms with Crippen LogP contribution < -0.4 is 9.47 Å². The highest BCUT2D eigenvalue weighted by Crippen LogP contribution is 2.23. The van der Waals surface area contributed by atoms with Crippen molar-refractivity contribution in [2.75, 3.05) is 26.3 Å².